The van der Waals surface area contributed by atoms with Gasteiger partial charge in [-0.2, -0.15) is 0 Å². The van der Waals surface area contributed by atoms with E-state index in [1.807, 2.05) is 17.8 Å². The first-order chi connectivity index (χ1) is 14.0. The van der Waals surface area contributed by atoms with Crippen molar-refractivity contribution in [2.24, 2.45) is 5.92 Å². The van der Waals surface area contributed by atoms with E-state index in [1.165, 1.54) is 14.0 Å². The van der Waals surface area contributed by atoms with Crippen molar-refractivity contribution >= 4 is 23.7 Å². The first kappa shape index (κ1) is 24.0. The van der Waals surface area contributed by atoms with Crippen molar-refractivity contribution in [3.05, 3.63) is 24.3 Å². The van der Waals surface area contributed by atoms with Crippen molar-refractivity contribution in [1.82, 2.24) is 0 Å². The van der Waals surface area contributed by atoms with Gasteiger partial charge in [-0.3, -0.25) is 9.59 Å². The molecule has 3 aliphatic rings. The second-order valence-electron chi connectivity index (χ2n) is 7.81. The fourth-order valence-electron chi connectivity index (χ4n) is 3.77. The molecule has 0 aliphatic carbocycles. The summed E-state index contributed by atoms with van der Waals surface area (Å²) in [5.41, 5.74) is 0.308. The van der Waals surface area contributed by atoms with Crippen LogP contribution in [0.15, 0.2) is 24.3 Å². The van der Waals surface area contributed by atoms with Crippen molar-refractivity contribution in [2.45, 2.75) is 94.5 Å². The number of methoxy groups -OCH3 is 1. The lowest BCUT2D eigenvalue weighted by Gasteiger charge is -2.49. The lowest BCUT2D eigenvalue weighted by molar-refractivity contribution is -0.144. The fourth-order valence-corrected chi connectivity index (χ4v) is 5.07. The van der Waals surface area contributed by atoms with Crippen LogP contribution in [0.25, 0.3) is 0 Å². The Hall–Kier alpha value is -1.27. The van der Waals surface area contributed by atoms with E-state index in [2.05, 4.69) is 29.9 Å². The predicted octanol–water partition coefficient (Wildman–Crippen LogP) is 5.19. The van der Waals surface area contributed by atoms with Gasteiger partial charge in [0.15, 0.2) is 0 Å². The number of unbranched alkanes of at least 4 members (excludes halogenated alkanes) is 3. The second-order valence-corrected chi connectivity index (χ2v) is 9.21. The van der Waals surface area contributed by atoms with Crippen LogP contribution in [-0.4, -0.2) is 41.9 Å². The Morgan fingerprint density at radius 3 is 2.72 bits per heavy atom. The number of carbonyl (C=O) groups excluding carboxylic acids is 2. The molecule has 164 valence electrons. The highest BCUT2D eigenvalue weighted by Gasteiger charge is 2.46. The molecule has 2 bridgehead atoms. The summed E-state index contributed by atoms with van der Waals surface area (Å²) in [5, 5.41) is 0.635. The van der Waals surface area contributed by atoms with Gasteiger partial charge in [-0.1, -0.05) is 38.0 Å². The molecule has 0 saturated carbocycles. The van der Waals surface area contributed by atoms with E-state index in [0.717, 1.165) is 51.4 Å². The lowest BCUT2D eigenvalue weighted by Crippen LogP contribution is -2.49. The maximum Gasteiger partial charge on any atom is 0.305 e. The molecule has 3 heterocycles. The molecule has 5 nitrogen and oxygen atoms in total. The maximum atomic E-state index is 11.4. The maximum absolute atomic E-state index is 11.4. The average molecular weight is 425 g/mol. The molecule has 29 heavy (non-hydrogen) atoms. The topological polar surface area (TPSA) is 61.8 Å². The zero-order valence-corrected chi connectivity index (χ0v) is 18.8. The minimum absolute atomic E-state index is 0.0731. The summed E-state index contributed by atoms with van der Waals surface area (Å²) in [6.45, 7) is 3.64. The standard InChI is InChI=1S/C23H36O5S/c1-4-5-8-11-18(27-17(2)24)14-15-20-19(21-16-23(28-20)29-21)12-9-6-7-10-13-22(25)26-3/h6,9,14-15,18-21,23H,4-5,7-8,10-13,16H2,1-3H3/b9-6-,15-14+/t18-,19+,20+,21-,23+/m0/s1. The Morgan fingerprint density at radius 2 is 2.03 bits per heavy atom. The fraction of sp³-hybridized carbons (Fsp3) is 0.739. The number of carbonyl (C=O) groups is 2. The molecule has 0 unspecified atom stereocenters. The minimum atomic E-state index is -0.231. The van der Waals surface area contributed by atoms with Gasteiger partial charge in [0, 0.05) is 24.5 Å². The molecule has 0 aromatic heterocycles. The third-order valence-electron chi connectivity index (χ3n) is 5.44. The summed E-state index contributed by atoms with van der Waals surface area (Å²) < 4.78 is 16.4. The first-order valence-electron chi connectivity index (χ1n) is 10.9. The van der Waals surface area contributed by atoms with Gasteiger partial charge in [-0.25, -0.2) is 0 Å². The van der Waals surface area contributed by atoms with Gasteiger partial charge in [-0.15, -0.1) is 11.8 Å². The molecule has 6 heteroatoms. The number of allylic oxidation sites excluding steroid dienone is 2. The molecule has 0 aromatic carbocycles. The van der Waals surface area contributed by atoms with Crippen LogP contribution in [0.5, 0.6) is 0 Å². The van der Waals surface area contributed by atoms with Crippen molar-refractivity contribution < 1.29 is 23.8 Å². The van der Waals surface area contributed by atoms with Crippen LogP contribution in [0.2, 0.25) is 0 Å². The van der Waals surface area contributed by atoms with Crippen LogP contribution in [0.3, 0.4) is 0 Å². The monoisotopic (exact) mass is 424 g/mol. The first-order valence-corrected chi connectivity index (χ1v) is 11.9. The van der Waals surface area contributed by atoms with E-state index in [-0.39, 0.29) is 24.1 Å². The molecule has 0 spiro atoms. The van der Waals surface area contributed by atoms with E-state index >= 15 is 0 Å². The Morgan fingerprint density at radius 1 is 1.24 bits per heavy atom. The Bertz CT molecular complexity index is 568. The minimum Gasteiger partial charge on any atom is -0.469 e. The van der Waals surface area contributed by atoms with Crippen LogP contribution in [-0.2, 0) is 23.8 Å². The lowest BCUT2D eigenvalue weighted by atomic mass is 9.88. The molecule has 5 atom stereocenters. The molecule has 3 rings (SSSR count). The highest BCUT2D eigenvalue weighted by molar-refractivity contribution is 8.01. The molecule has 0 amide bonds. The molecule has 3 saturated heterocycles. The summed E-state index contributed by atoms with van der Waals surface area (Å²) in [4.78, 5) is 22.6. The number of hydrogen-bond acceptors (Lipinski definition) is 6. The van der Waals surface area contributed by atoms with Gasteiger partial charge in [0.1, 0.15) is 11.5 Å². The van der Waals surface area contributed by atoms with Crippen LogP contribution >= 0.6 is 11.8 Å². The summed E-state index contributed by atoms with van der Waals surface area (Å²) in [6, 6.07) is 0. The van der Waals surface area contributed by atoms with Crippen molar-refractivity contribution in [3.8, 4) is 0 Å². The van der Waals surface area contributed by atoms with E-state index in [0.29, 0.717) is 23.0 Å². The number of thioether (sulfide) groups is 1. The van der Waals surface area contributed by atoms with Crippen molar-refractivity contribution in [1.29, 1.82) is 0 Å². The molecular formula is C23H36O5S. The second kappa shape index (κ2) is 13.1. The highest BCUT2D eigenvalue weighted by Crippen LogP contribution is 2.50. The SMILES string of the molecule is CCCCC[C@@H](/C=C/[C@H]1O[C@H]2C[C@H](S2)[C@@H]1C/C=C\CCCC(=O)OC)OC(C)=O. The van der Waals surface area contributed by atoms with E-state index in [1.54, 1.807) is 0 Å². The van der Waals surface area contributed by atoms with E-state index < -0.39 is 0 Å². The average Bonchev–Trinajstić information content (AvgIpc) is 2.67. The quantitative estimate of drug-likeness (QED) is 0.230. The number of rotatable bonds is 13. The number of fused-ring (bicyclic) bond motifs is 2. The summed E-state index contributed by atoms with van der Waals surface area (Å²) >= 11 is 1.93. The van der Waals surface area contributed by atoms with E-state index in [9.17, 15) is 9.59 Å². The smallest absolute Gasteiger partial charge is 0.305 e. The summed E-state index contributed by atoms with van der Waals surface area (Å²) in [6.07, 6.45) is 16.9. The Labute approximate surface area is 179 Å². The molecule has 0 radical (unpaired) electrons. The van der Waals surface area contributed by atoms with Gasteiger partial charge < -0.3 is 14.2 Å². The normalized spacial score (nSPS) is 27.0. The van der Waals surface area contributed by atoms with Crippen LogP contribution in [0.4, 0.5) is 0 Å². The van der Waals surface area contributed by atoms with Crippen LogP contribution < -0.4 is 0 Å². The van der Waals surface area contributed by atoms with Gasteiger partial charge >= 0.3 is 11.9 Å². The largest absolute Gasteiger partial charge is 0.469 e. The van der Waals surface area contributed by atoms with Crippen molar-refractivity contribution in [3.63, 3.8) is 0 Å². The third-order valence-corrected chi connectivity index (χ3v) is 6.94. The Balaban J connectivity index is 1.85. The molecular weight excluding hydrogens is 388 g/mol. The number of esters is 2. The van der Waals surface area contributed by atoms with Gasteiger partial charge in [-0.05, 0) is 44.6 Å². The van der Waals surface area contributed by atoms with Gasteiger partial charge in [0.2, 0.25) is 0 Å². The molecule has 3 fully saturated rings. The number of hydrogen-bond donors (Lipinski definition) is 0. The number of ether oxygens (including phenoxy) is 3. The van der Waals surface area contributed by atoms with Crippen LogP contribution in [0.1, 0.15) is 71.6 Å². The van der Waals surface area contributed by atoms with Crippen LogP contribution in [0, 0.1) is 5.92 Å². The molecule has 0 aromatic rings. The van der Waals surface area contributed by atoms with Gasteiger partial charge in [0.25, 0.3) is 0 Å². The molecule has 3 aliphatic heterocycles. The zero-order chi connectivity index (χ0) is 21.1. The van der Waals surface area contributed by atoms with E-state index in [4.69, 9.17) is 9.47 Å². The summed E-state index contributed by atoms with van der Waals surface area (Å²) in [5.74, 6) is 0.0553. The predicted molar refractivity (Wildman–Crippen MR) is 117 cm³/mol. The molecule has 0 N–H and O–H groups in total. The third kappa shape index (κ3) is 8.55. The van der Waals surface area contributed by atoms with Crippen molar-refractivity contribution in [2.75, 3.05) is 7.11 Å². The summed E-state index contributed by atoms with van der Waals surface area (Å²) in [7, 11) is 1.42. The highest BCUT2D eigenvalue weighted by atomic mass is 32.2. The Kier molecular flexibility index (Phi) is 10.9. The van der Waals surface area contributed by atoms with Gasteiger partial charge in [0.05, 0.1) is 13.2 Å². The zero-order valence-electron chi connectivity index (χ0n) is 18.0.